The Morgan fingerprint density at radius 2 is 2.13 bits per heavy atom. The van der Waals surface area contributed by atoms with Crippen LogP contribution in [-0.4, -0.2) is 27.3 Å². The molecule has 0 aliphatic carbocycles. The number of rotatable bonds is 4. The number of aliphatic hydroxyl groups is 1. The van der Waals surface area contributed by atoms with Crippen molar-refractivity contribution in [1.29, 1.82) is 0 Å². The number of amides is 1. The van der Waals surface area contributed by atoms with E-state index in [1.165, 1.54) is 30.5 Å². The van der Waals surface area contributed by atoms with Crippen molar-refractivity contribution in [2.45, 2.75) is 6.10 Å². The van der Waals surface area contributed by atoms with E-state index in [2.05, 4.69) is 10.4 Å². The van der Waals surface area contributed by atoms with E-state index in [0.29, 0.717) is 0 Å². The predicted octanol–water partition coefficient (Wildman–Crippen LogP) is 1.46. The molecular formula is C16H15N3O3S. The van der Waals surface area contributed by atoms with Crippen LogP contribution in [-0.2, 0) is 7.05 Å². The van der Waals surface area contributed by atoms with Gasteiger partial charge in [0.25, 0.3) is 11.5 Å². The van der Waals surface area contributed by atoms with Crippen LogP contribution in [0.3, 0.4) is 0 Å². The van der Waals surface area contributed by atoms with E-state index in [-0.39, 0.29) is 17.8 Å². The maximum absolute atomic E-state index is 12.0. The van der Waals surface area contributed by atoms with Crippen molar-refractivity contribution in [3.63, 3.8) is 0 Å². The Morgan fingerprint density at radius 3 is 2.87 bits per heavy atom. The zero-order valence-electron chi connectivity index (χ0n) is 12.4. The number of nitrogens with zero attached hydrogens (tertiary/aromatic N) is 2. The Bertz CT molecular complexity index is 883. The Labute approximate surface area is 136 Å². The monoisotopic (exact) mass is 329 g/mol. The summed E-state index contributed by atoms with van der Waals surface area (Å²) in [7, 11) is 1.48. The molecule has 3 rings (SSSR count). The molecule has 2 N–H and O–H groups in total. The average molecular weight is 329 g/mol. The van der Waals surface area contributed by atoms with Gasteiger partial charge in [-0.25, -0.2) is 4.68 Å². The van der Waals surface area contributed by atoms with Crippen molar-refractivity contribution in [1.82, 2.24) is 15.1 Å². The summed E-state index contributed by atoms with van der Waals surface area (Å²) >= 11 is 1.49. The van der Waals surface area contributed by atoms with Gasteiger partial charge in [-0.2, -0.15) is 5.10 Å². The Balaban J connectivity index is 1.68. The summed E-state index contributed by atoms with van der Waals surface area (Å²) in [6, 6.07) is 12.4. The fourth-order valence-corrected chi connectivity index (χ4v) is 3.22. The minimum Gasteiger partial charge on any atom is -0.386 e. The molecule has 6 nitrogen and oxygen atoms in total. The lowest BCUT2D eigenvalue weighted by Crippen LogP contribution is -2.31. The molecule has 2 heterocycles. The first kappa shape index (κ1) is 15.4. The summed E-state index contributed by atoms with van der Waals surface area (Å²) in [5, 5.41) is 17.8. The second-order valence-corrected chi connectivity index (χ2v) is 6.21. The maximum atomic E-state index is 12.0. The molecule has 1 atom stereocenters. The molecule has 118 valence electrons. The fourth-order valence-electron chi connectivity index (χ4n) is 2.17. The zero-order valence-corrected chi connectivity index (χ0v) is 13.2. The SMILES string of the molecule is Cn1nc(C(=O)NCC(O)c2cc3ccccc3s2)ccc1=O. The first-order valence-electron chi connectivity index (χ1n) is 7.03. The lowest BCUT2D eigenvalue weighted by Gasteiger charge is -2.10. The van der Waals surface area contributed by atoms with Gasteiger partial charge >= 0.3 is 0 Å². The highest BCUT2D eigenvalue weighted by Crippen LogP contribution is 2.29. The van der Waals surface area contributed by atoms with Crippen molar-refractivity contribution in [2.75, 3.05) is 6.54 Å². The molecule has 1 aromatic carbocycles. The second kappa shape index (κ2) is 6.31. The van der Waals surface area contributed by atoms with Crippen molar-refractivity contribution in [2.24, 2.45) is 7.05 Å². The predicted molar refractivity (Wildman–Crippen MR) is 88.6 cm³/mol. The fraction of sp³-hybridized carbons (Fsp3) is 0.188. The number of aromatic nitrogens is 2. The third kappa shape index (κ3) is 3.30. The molecule has 0 saturated heterocycles. The van der Waals surface area contributed by atoms with Crippen molar-refractivity contribution in [3.8, 4) is 0 Å². The zero-order chi connectivity index (χ0) is 16.4. The Morgan fingerprint density at radius 1 is 1.35 bits per heavy atom. The Kier molecular flexibility index (Phi) is 4.22. The second-order valence-electron chi connectivity index (χ2n) is 5.09. The molecule has 7 heteroatoms. The number of carbonyl (C=O) groups excluding carboxylic acids is 1. The van der Waals surface area contributed by atoms with Crippen LogP contribution in [0.2, 0.25) is 0 Å². The summed E-state index contributed by atoms with van der Waals surface area (Å²) in [6.07, 6.45) is -0.788. The highest BCUT2D eigenvalue weighted by Gasteiger charge is 2.14. The summed E-state index contributed by atoms with van der Waals surface area (Å²) in [6.45, 7) is 0.0795. The van der Waals surface area contributed by atoms with Gasteiger partial charge in [0.05, 0.1) is 0 Å². The van der Waals surface area contributed by atoms with Gasteiger partial charge < -0.3 is 10.4 Å². The van der Waals surface area contributed by atoms with Gasteiger partial charge in [-0.05, 0) is 23.6 Å². The quantitative estimate of drug-likeness (QED) is 0.759. The number of nitrogens with one attached hydrogen (secondary N) is 1. The van der Waals surface area contributed by atoms with Gasteiger partial charge in [-0.15, -0.1) is 11.3 Å². The molecule has 0 aliphatic rings. The average Bonchev–Trinajstić information content (AvgIpc) is 2.99. The van der Waals surface area contributed by atoms with Crippen LogP contribution in [0.5, 0.6) is 0 Å². The number of hydrogen-bond donors (Lipinski definition) is 2. The summed E-state index contributed by atoms with van der Waals surface area (Å²) < 4.78 is 2.18. The molecule has 0 aliphatic heterocycles. The van der Waals surface area contributed by atoms with Gasteiger partial charge in [-0.1, -0.05) is 18.2 Å². The van der Waals surface area contributed by atoms with Crippen molar-refractivity contribution in [3.05, 3.63) is 63.4 Å². The number of aryl methyl sites for hydroxylation is 1. The van der Waals surface area contributed by atoms with Crippen LogP contribution in [0, 0.1) is 0 Å². The van der Waals surface area contributed by atoms with E-state index < -0.39 is 12.0 Å². The van der Waals surface area contributed by atoms with Gasteiger partial charge in [0, 0.05) is 29.2 Å². The molecule has 0 bridgehead atoms. The van der Waals surface area contributed by atoms with Crippen molar-refractivity contribution >= 4 is 27.3 Å². The number of thiophene rings is 1. The molecule has 0 fully saturated rings. The van der Waals surface area contributed by atoms with Gasteiger partial charge in [0.1, 0.15) is 11.8 Å². The first-order chi connectivity index (χ1) is 11.0. The molecule has 23 heavy (non-hydrogen) atoms. The highest BCUT2D eigenvalue weighted by atomic mass is 32.1. The van der Waals surface area contributed by atoms with E-state index in [9.17, 15) is 14.7 Å². The number of aliphatic hydroxyl groups excluding tert-OH is 1. The minimum atomic E-state index is -0.788. The first-order valence-corrected chi connectivity index (χ1v) is 7.85. The molecule has 0 saturated carbocycles. The molecule has 1 unspecified atom stereocenters. The number of hydrogen-bond acceptors (Lipinski definition) is 5. The van der Waals surface area contributed by atoms with Crippen LogP contribution in [0.25, 0.3) is 10.1 Å². The highest BCUT2D eigenvalue weighted by molar-refractivity contribution is 7.19. The van der Waals surface area contributed by atoms with E-state index >= 15 is 0 Å². The maximum Gasteiger partial charge on any atom is 0.271 e. The summed E-state index contributed by atoms with van der Waals surface area (Å²) in [5.41, 5.74) is -0.150. The molecule has 0 spiro atoms. The molecule has 0 radical (unpaired) electrons. The standard InChI is InChI=1S/C16H15N3O3S/c1-19-15(21)7-6-11(18-19)16(22)17-9-12(20)14-8-10-4-2-3-5-13(10)23-14/h2-8,12,20H,9H2,1H3,(H,17,22). The van der Waals surface area contributed by atoms with Gasteiger partial charge in [0.2, 0.25) is 0 Å². The Hall–Kier alpha value is -2.51. The lowest BCUT2D eigenvalue weighted by atomic mass is 10.2. The topological polar surface area (TPSA) is 84.2 Å². The smallest absolute Gasteiger partial charge is 0.271 e. The lowest BCUT2D eigenvalue weighted by molar-refractivity contribution is 0.0911. The van der Waals surface area contributed by atoms with Crippen molar-refractivity contribution < 1.29 is 9.90 Å². The number of benzene rings is 1. The minimum absolute atomic E-state index is 0.0795. The van der Waals surface area contributed by atoms with Gasteiger partial charge in [-0.3, -0.25) is 9.59 Å². The van der Waals surface area contributed by atoms with Gasteiger partial charge in [0.15, 0.2) is 0 Å². The van der Waals surface area contributed by atoms with Crippen LogP contribution in [0.15, 0.2) is 47.3 Å². The third-order valence-electron chi connectivity index (χ3n) is 3.42. The number of fused-ring (bicyclic) bond motifs is 1. The third-order valence-corrected chi connectivity index (χ3v) is 4.64. The van der Waals surface area contributed by atoms with Crippen LogP contribution in [0.1, 0.15) is 21.5 Å². The number of carbonyl (C=O) groups is 1. The van der Waals surface area contributed by atoms with Crippen LogP contribution >= 0.6 is 11.3 Å². The van der Waals surface area contributed by atoms with E-state index in [1.807, 2.05) is 30.3 Å². The van der Waals surface area contributed by atoms with E-state index in [0.717, 1.165) is 19.6 Å². The van der Waals surface area contributed by atoms with Crippen LogP contribution in [0.4, 0.5) is 0 Å². The molecule has 1 amide bonds. The van der Waals surface area contributed by atoms with E-state index in [1.54, 1.807) is 0 Å². The molecule has 2 aromatic heterocycles. The molecule has 3 aromatic rings. The summed E-state index contributed by atoms with van der Waals surface area (Å²) in [4.78, 5) is 24.1. The largest absolute Gasteiger partial charge is 0.386 e. The summed E-state index contributed by atoms with van der Waals surface area (Å²) in [5.74, 6) is -0.430. The molecular weight excluding hydrogens is 314 g/mol. The normalized spacial score (nSPS) is 12.3. The van der Waals surface area contributed by atoms with E-state index in [4.69, 9.17) is 0 Å². The van der Waals surface area contributed by atoms with Crippen LogP contribution < -0.4 is 10.9 Å².